The zero-order valence-corrected chi connectivity index (χ0v) is 14.7. The van der Waals surface area contributed by atoms with Gasteiger partial charge in [-0.3, -0.25) is 4.79 Å². The van der Waals surface area contributed by atoms with Gasteiger partial charge in [0.25, 0.3) is 5.91 Å². The molecule has 0 radical (unpaired) electrons. The number of hydrogen-bond donors (Lipinski definition) is 0. The highest BCUT2D eigenvalue weighted by molar-refractivity contribution is 7.89. The zero-order chi connectivity index (χ0) is 18.0. The Balaban J connectivity index is 1.72. The molecule has 1 amide bonds. The lowest BCUT2D eigenvalue weighted by Gasteiger charge is -2.34. The summed E-state index contributed by atoms with van der Waals surface area (Å²) in [7, 11) is -3.75. The van der Waals surface area contributed by atoms with Crippen LogP contribution < -0.4 is 0 Å². The lowest BCUT2D eigenvalue weighted by molar-refractivity contribution is 0.0697. The van der Waals surface area contributed by atoms with Crippen molar-refractivity contribution in [2.24, 2.45) is 0 Å². The maximum absolute atomic E-state index is 13.3. The minimum Gasteiger partial charge on any atom is -0.336 e. The summed E-state index contributed by atoms with van der Waals surface area (Å²) in [5.74, 6) is -0.685. The van der Waals surface area contributed by atoms with E-state index in [0.29, 0.717) is 18.7 Å². The van der Waals surface area contributed by atoms with Crippen LogP contribution >= 0.6 is 0 Å². The molecule has 0 aromatic heterocycles. The lowest BCUT2D eigenvalue weighted by atomic mass is 10.1. The molecule has 25 heavy (non-hydrogen) atoms. The predicted octanol–water partition coefficient (Wildman–Crippen LogP) is 2.28. The number of carbonyl (C=O) groups is 1. The summed E-state index contributed by atoms with van der Waals surface area (Å²) in [6.45, 7) is 2.87. The van der Waals surface area contributed by atoms with Gasteiger partial charge < -0.3 is 4.90 Å². The first kappa shape index (κ1) is 17.6. The average Bonchev–Trinajstić information content (AvgIpc) is 2.62. The molecule has 3 rings (SSSR count). The maximum atomic E-state index is 13.3. The van der Waals surface area contributed by atoms with Crippen molar-refractivity contribution in [2.75, 3.05) is 26.2 Å². The van der Waals surface area contributed by atoms with Gasteiger partial charge in [-0.15, -0.1) is 0 Å². The predicted molar refractivity (Wildman–Crippen MR) is 92.2 cm³/mol. The summed E-state index contributed by atoms with van der Waals surface area (Å²) >= 11 is 0. The number of amides is 1. The van der Waals surface area contributed by atoms with Crippen molar-refractivity contribution in [1.29, 1.82) is 0 Å². The number of hydrogen-bond acceptors (Lipinski definition) is 3. The number of halogens is 1. The van der Waals surface area contributed by atoms with Crippen LogP contribution in [0.1, 0.15) is 15.9 Å². The van der Waals surface area contributed by atoms with E-state index in [0.717, 1.165) is 11.6 Å². The SMILES string of the molecule is Cc1ccccc1C(=O)N1CCN(S(=O)(=O)c2cccc(F)c2)CC1. The molecule has 1 fully saturated rings. The topological polar surface area (TPSA) is 57.7 Å². The van der Waals surface area contributed by atoms with Crippen molar-refractivity contribution < 1.29 is 17.6 Å². The molecule has 5 nitrogen and oxygen atoms in total. The van der Waals surface area contributed by atoms with Gasteiger partial charge in [-0.05, 0) is 36.8 Å². The molecule has 0 saturated carbocycles. The van der Waals surface area contributed by atoms with Crippen LogP contribution in [0.3, 0.4) is 0 Å². The Morgan fingerprint density at radius 3 is 2.32 bits per heavy atom. The van der Waals surface area contributed by atoms with Crippen LogP contribution in [0.5, 0.6) is 0 Å². The quantitative estimate of drug-likeness (QED) is 0.842. The number of aryl methyl sites for hydroxylation is 1. The molecule has 0 N–H and O–H groups in total. The first-order valence-corrected chi connectivity index (χ1v) is 9.44. The number of nitrogens with zero attached hydrogens (tertiary/aromatic N) is 2. The fourth-order valence-electron chi connectivity index (χ4n) is 2.89. The molecule has 1 saturated heterocycles. The van der Waals surface area contributed by atoms with Crippen LogP contribution in [0.25, 0.3) is 0 Å². The van der Waals surface area contributed by atoms with Gasteiger partial charge in [0.2, 0.25) is 10.0 Å². The standard InChI is InChI=1S/C18H19FN2O3S/c1-14-5-2-3-8-17(14)18(22)20-9-11-21(12-10-20)25(23,24)16-7-4-6-15(19)13-16/h2-8,13H,9-12H2,1H3. The maximum Gasteiger partial charge on any atom is 0.254 e. The van der Waals surface area contributed by atoms with Crippen LogP contribution in [0.15, 0.2) is 53.4 Å². The third-order valence-electron chi connectivity index (χ3n) is 4.34. The average molecular weight is 362 g/mol. The normalized spacial score (nSPS) is 16.0. The zero-order valence-electron chi connectivity index (χ0n) is 13.9. The van der Waals surface area contributed by atoms with Gasteiger partial charge in [0.1, 0.15) is 5.82 Å². The van der Waals surface area contributed by atoms with E-state index < -0.39 is 15.8 Å². The van der Waals surface area contributed by atoms with E-state index in [1.807, 2.05) is 25.1 Å². The van der Waals surface area contributed by atoms with Gasteiger partial charge in [0, 0.05) is 31.7 Å². The Kier molecular flexibility index (Phi) is 4.87. The highest BCUT2D eigenvalue weighted by atomic mass is 32.2. The summed E-state index contributed by atoms with van der Waals surface area (Å²) in [5, 5.41) is 0. The van der Waals surface area contributed by atoms with Gasteiger partial charge in [-0.2, -0.15) is 4.31 Å². The molecule has 0 bridgehead atoms. The van der Waals surface area contributed by atoms with Crippen LogP contribution in [-0.2, 0) is 10.0 Å². The Morgan fingerprint density at radius 2 is 1.68 bits per heavy atom. The molecule has 1 heterocycles. The molecule has 2 aromatic rings. The molecule has 0 aliphatic carbocycles. The van der Waals surface area contributed by atoms with Crippen LogP contribution in [0.2, 0.25) is 0 Å². The van der Waals surface area contributed by atoms with Crippen molar-refractivity contribution in [3.63, 3.8) is 0 Å². The molecule has 2 aromatic carbocycles. The molecule has 1 aliphatic heterocycles. The van der Waals surface area contributed by atoms with E-state index in [2.05, 4.69) is 0 Å². The van der Waals surface area contributed by atoms with Gasteiger partial charge in [0.15, 0.2) is 0 Å². The third-order valence-corrected chi connectivity index (χ3v) is 6.23. The highest BCUT2D eigenvalue weighted by Gasteiger charge is 2.30. The van der Waals surface area contributed by atoms with Gasteiger partial charge in [-0.25, -0.2) is 12.8 Å². The fourth-order valence-corrected chi connectivity index (χ4v) is 4.35. The van der Waals surface area contributed by atoms with Gasteiger partial charge in [0.05, 0.1) is 4.90 Å². The summed E-state index contributed by atoms with van der Waals surface area (Å²) < 4.78 is 39.8. The second kappa shape index (κ2) is 6.93. The van der Waals surface area contributed by atoms with Crippen molar-refractivity contribution in [2.45, 2.75) is 11.8 Å². The summed E-state index contributed by atoms with van der Waals surface area (Å²) in [6.07, 6.45) is 0. The second-order valence-electron chi connectivity index (χ2n) is 5.97. The van der Waals surface area contributed by atoms with Gasteiger partial charge >= 0.3 is 0 Å². The Bertz CT molecular complexity index is 891. The highest BCUT2D eigenvalue weighted by Crippen LogP contribution is 2.19. The second-order valence-corrected chi connectivity index (χ2v) is 7.91. The van der Waals surface area contributed by atoms with E-state index >= 15 is 0 Å². The van der Waals surface area contributed by atoms with E-state index in [1.54, 1.807) is 11.0 Å². The monoisotopic (exact) mass is 362 g/mol. The molecule has 0 unspecified atom stereocenters. The third kappa shape index (κ3) is 3.57. The Labute approximate surface area is 146 Å². The molecule has 1 aliphatic rings. The molecular weight excluding hydrogens is 343 g/mol. The van der Waals surface area contributed by atoms with E-state index in [1.165, 1.54) is 22.5 Å². The minimum absolute atomic E-state index is 0.0637. The molecular formula is C18H19FN2O3S. The molecule has 132 valence electrons. The largest absolute Gasteiger partial charge is 0.336 e. The van der Waals surface area contributed by atoms with Crippen LogP contribution in [0.4, 0.5) is 4.39 Å². The van der Waals surface area contributed by atoms with E-state index in [4.69, 9.17) is 0 Å². The smallest absolute Gasteiger partial charge is 0.254 e. The van der Waals surface area contributed by atoms with Crippen molar-refractivity contribution >= 4 is 15.9 Å². The summed E-state index contributed by atoms with van der Waals surface area (Å²) in [5.41, 5.74) is 1.52. The number of rotatable bonds is 3. The summed E-state index contributed by atoms with van der Waals surface area (Å²) in [6, 6.07) is 12.3. The Hall–Kier alpha value is -2.25. The number of benzene rings is 2. The first-order valence-electron chi connectivity index (χ1n) is 8.00. The van der Waals surface area contributed by atoms with Crippen LogP contribution in [-0.4, -0.2) is 49.7 Å². The van der Waals surface area contributed by atoms with Crippen molar-refractivity contribution in [1.82, 2.24) is 9.21 Å². The Morgan fingerprint density at radius 1 is 1.00 bits per heavy atom. The first-order chi connectivity index (χ1) is 11.9. The molecule has 7 heteroatoms. The number of carbonyl (C=O) groups excluding carboxylic acids is 1. The number of piperazine rings is 1. The summed E-state index contributed by atoms with van der Waals surface area (Å²) in [4.78, 5) is 14.2. The molecule has 0 spiro atoms. The fraction of sp³-hybridized carbons (Fsp3) is 0.278. The van der Waals surface area contributed by atoms with E-state index in [9.17, 15) is 17.6 Å². The van der Waals surface area contributed by atoms with Crippen molar-refractivity contribution in [3.05, 3.63) is 65.5 Å². The number of sulfonamides is 1. The van der Waals surface area contributed by atoms with Crippen LogP contribution in [0, 0.1) is 12.7 Å². The van der Waals surface area contributed by atoms with Gasteiger partial charge in [-0.1, -0.05) is 24.3 Å². The van der Waals surface area contributed by atoms with Crippen molar-refractivity contribution in [3.8, 4) is 0 Å². The van der Waals surface area contributed by atoms with E-state index in [-0.39, 0.29) is 23.9 Å². The molecule has 0 atom stereocenters. The minimum atomic E-state index is -3.75. The lowest BCUT2D eigenvalue weighted by Crippen LogP contribution is -2.50.